The number of aromatic amines is 1. The number of H-pyrrole nitrogens is 1. The average molecular weight is 295 g/mol. The third kappa shape index (κ3) is 2.80. The Bertz CT molecular complexity index is 723. The molecule has 2 aromatic rings. The largest absolute Gasteiger partial charge is 0.465 e. The summed E-state index contributed by atoms with van der Waals surface area (Å²) in [5.74, 6) is -0.593. The Balaban J connectivity index is 2.42. The maximum Gasteiger partial charge on any atom is 0.337 e. The smallest absolute Gasteiger partial charge is 0.337 e. The molecule has 0 amide bonds. The maximum atomic E-state index is 12.3. The first kappa shape index (κ1) is 14.1. The van der Waals surface area contributed by atoms with E-state index in [1.54, 1.807) is 13.0 Å². The Labute approximate surface area is 116 Å². The number of esters is 1. The fraction of sp³-hybridized carbons (Fsp3) is 0.167. The van der Waals surface area contributed by atoms with Crippen molar-refractivity contribution in [3.05, 3.63) is 41.7 Å². The van der Waals surface area contributed by atoms with Crippen LogP contribution in [-0.4, -0.2) is 31.7 Å². The number of sulfonamides is 1. The van der Waals surface area contributed by atoms with Gasteiger partial charge >= 0.3 is 5.97 Å². The van der Waals surface area contributed by atoms with Crippen LogP contribution in [0.25, 0.3) is 0 Å². The number of ether oxygens (including phenoxy) is 1. The molecule has 1 heterocycles. The molecule has 0 aliphatic rings. The zero-order valence-corrected chi connectivity index (χ0v) is 11.7. The molecule has 1 aromatic heterocycles. The zero-order valence-electron chi connectivity index (χ0n) is 10.9. The molecule has 1 aromatic carbocycles. The van der Waals surface area contributed by atoms with Gasteiger partial charge in [-0.2, -0.15) is 5.10 Å². The zero-order chi connectivity index (χ0) is 14.8. The molecule has 2 rings (SSSR count). The van der Waals surface area contributed by atoms with Gasteiger partial charge in [0.15, 0.2) is 0 Å². The van der Waals surface area contributed by atoms with Crippen molar-refractivity contribution in [2.75, 3.05) is 11.8 Å². The Hall–Kier alpha value is -2.35. The van der Waals surface area contributed by atoms with Crippen molar-refractivity contribution in [2.24, 2.45) is 0 Å². The fourth-order valence-electron chi connectivity index (χ4n) is 1.65. The van der Waals surface area contributed by atoms with Gasteiger partial charge < -0.3 is 4.74 Å². The molecule has 0 spiro atoms. The number of aryl methyl sites for hydroxylation is 1. The number of benzene rings is 1. The number of nitrogens with zero attached hydrogens (tertiary/aromatic N) is 1. The van der Waals surface area contributed by atoms with E-state index in [0.29, 0.717) is 11.3 Å². The van der Waals surface area contributed by atoms with Crippen molar-refractivity contribution < 1.29 is 17.9 Å². The standard InChI is InChI=1S/C12H13N3O4S/c1-8-3-4-9(12(16)19-2)5-11(8)20(17,18)15-10-6-13-14-7-10/h3-7,15H,1-2H3,(H,13,14). The van der Waals surface area contributed by atoms with Crippen molar-refractivity contribution in [1.29, 1.82) is 0 Å². The van der Waals surface area contributed by atoms with Crippen LogP contribution >= 0.6 is 0 Å². The van der Waals surface area contributed by atoms with Gasteiger partial charge in [0, 0.05) is 6.20 Å². The second-order valence-corrected chi connectivity index (χ2v) is 5.72. The molecule has 0 saturated heterocycles. The topological polar surface area (TPSA) is 101 Å². The van der Waals surface area contributed by atoms with Crippen molar-refractivity contribution in [3.63, 3.8) is 0 Å². The Morgan fingerprint density at radius 3 is 2.75 bits per heavy atom. The van der Waals surface area contributed by atoms with Crippen LogP contribution in [0, 0.1) is 6.92 Å². The van der Waals surface area contributed by atoms with Crippen LogP contribution in [0.15, 0.2) is 35.5 Å². The van der Waals surface area contributed by atoms with E-state index in [0.717, 1.165) is 0 Å². The first-order valence-electron chi connectivity index (χ1n) is 5.64. The Morgan fingerprint density at radius 2 is 2.15 bits per heavy atom. The van der Waals surface area contributed by atoms with Gasteiger partial charge in [0.25, 0.3) is 10.0 Å². The Morgan fingerprint density at radius 1 is 1.40 bits per heavy atom. The number of nitrogens with one attached hydrogen (secondary N) is 2. The molecule has 0 fully saturated rings. The fourth-order valence-corrected chi connectivity index (χ4v) is 2.96. The third-order valence-corrected chi connectivity index (χ3v) is 4.17. The second-order valence-electron chi connectivity index (χ2n) is 4.06. The molecule has 20 heavy (non-hydrogen) atoms. The summed E-state index contributed by atoms with van der Waals surface area (Å²) in [6.07, 6.45) is 2.76. The lowest BCUT2D eigenvalue weighted by Gasteiger charge is -2.10. The van der Waals surface area contributed by atoms with Crippen molar-refractivity contribution >= 4 is 21.7 Å². The summed E-state index contributed by atoms with van der Waals surface area (Å²) in [5, 5.41) is 6.16. The summed E-state index contributed by atoms with van der Waals surface area (Å²) in [5.41, 5.74) is 1.01. The first-order valence-corrected chi connectivity index (χ1v) is 7.13. The maximum absolute atomic E-state index is 12.3. The lowest BCUT2D eigenvalue weighted by atomic mass is 10.1. The third-order valence-electron chi connectivity index (χ3n) is 2.65. The van der Waals surface area contributed by atoms with Crippen LogP contribution in [0.1, 0.15) is 15.9 Å². The highest BCUT2D eigenvalue weighted by molar-refractivity contribution is 7.92. The molecule has 0 aliphatic heterocycles. The molecule has 0 unspecified atom stereocenters. The van der Waals surface area contributed by atoms with Gasteiger partial charge in [0.05, 0.1) is 29.5 Å². The summed E-state index contributed by atoms with van der Waals surface area (Å²) in [4.78, 5) is 11.5. The molecule has 8 heteroatoms. The molecule has 0 radical (unpaired) electrons. The molecule has 7 nitrogen and oxygen atoms in total. The van der Waals surface area contributed by atoms with E-state index >= 15 is 0 Å². The lowest BCUT2D eigenvalue weighted by molar-refractivity contribution is 0.0600. The van der Waals surface area contributed by atoms with E-state index in [1.165, 1.54) is 31.6 Å². The van der Waals surface area contributed by atoms with E-state index in [4.69, 9.17) is 0 Å². The van der Waals surface area contributed by atoms with E-state index in [-0.39, 0.29) is 10.5 Å². The molecule has 0 aliphatic carbocycles. The van der Waals surface area contributed by atoms with Crippen LogP contribution < -0.4 is 4.72 Å². The van der Waals surface area contributed by atoms with E-state index in [2.05, 4.69) is 19.7 Å². The number of rotatable bonds is 4. The SMILES string of the molecule is COC(=O)c1ccc(C)c(S(=O)(=O)Nc2cn[nH]c2)c1. The highest BCUT2D eigenvalue weighted by Gasteiger charge is 2.19. The quantitative estimate of drug-likeness (QED) is 0.828. The van der Waals surface area contributed by atoms with Crippen LogP contribution in [0.4, 0.5) is 5.69 Å². The minimum Gasteiger partial charge on any atom is -0.465 e. The monoisotopic (exact) mass is 295 g/mol. The van der Waals surface area contributed by atoms with Gasteiger partial charge in [0.2, 0.25) is 0 Å². The number of carbonyl (C=O) groups excluding carboxylic acids is 1. The van der Waals surface area contributed by atoms with Gasteiger partial charge in [0.1, 0.15) is 0 Å². The van der Waals surface area contributed by atoms with Crippen LogP contribution in [0.2, 0.25) is 0 Å². The summed E-state index contributed by atoms with van der Waals surface area (Å²) < 4.78 is 31.5. The van der Waals surface area contributed by atoms with E-state index in [1.807, 2.05) is 0 Å². The van der Waals surface area contributed by atoms with E-state index in [9.17, 15) is 13.2 Å². The predicted octanol–water partition coefficient (Wildman–Crippen LogP) is 1.31. The molecule has 2 N–H and O–H groups in total. The predicted molar refractivity (Wildman–Crippen MR) is 71.9 cm³/mol. The summed E-state index contributed by atoms with van der Waals surface area (Å²) >= 11 is 0. The van der Waals surface area contributed by atoms with Crippen molar-refractivity contribution in [1.82, 2.24) is 10.2 Å². The summed E-state index contributed by atoms with van der Waals surface area (Å²) in [7, 11) is -2.56. The number of methoxy groups -OCH3 is 1. The number of aromatic nitrogens is 2. The molecule has 0 saturated carbocycles. The van der Waals surface area contributed by atoms with Crippen LogP contribution in [0.5, 0.6) is 0 Å². The molecule has 0 bridgehead atoms. The lowest BCUT2D eigenvalue weighted by Crippen LogP contribution is -2.15. The van der Waals surface area contributed by atoms with Gasteiger partial charge in [-0.25, -0.2) is 13.2 Å². The van der Waals surface area contributed by atoms with Crippen molar-refractivity contribution in [2.45, 2.75) is 11.8 Å². The number of hydrogen-bond donors (Lipinski definition) is 2. The van der Waals surface area contributed by atoms with Gasteiger partial charge in [-0.05, 0) is 24.6 Å². The number of hydrogen-bond acceptors (Lipinski definition) is 5. The first-order chi connectivity index (χ1) is 9.44. The summed E-state index contributed by atoms with van der Waals surface area (Å²) in [6, 6.07) is 4.35. The van der Waals surface area contributed by atoms with Crippen molar-refractivity contribution in [3.8, 4) is 0 Å². The Kier molecular flexibility index (Phi) is 3.75. The molecular weight excluding hydrogens is 282 g/mol. The molecule has 106 valence electrons. The second kappa shape index (κ2) is 5.33. The highest BCUT2D eigenvalue weighted by atomic mass is 32.2. The molecular formula is C12H13N3O4S. The van der Waals surface area contributed by atoms with Gasteiger partial charge in [-0.3, -0.25) is 9.82 Å². The normalized spacial score (nSPS) is 11.1. The minimum atomic E-state index is -3.80. The highest BCUT2D eigenvalue weighted by Crippen LogP contribution is 2.20. The van der Waals surface area contributed by atoms with E-state index < -0.39 is 16.0 Å². The van der Waals surface area contributed by atoms with Crippen LogP contribution in [0.3, 0.4) is 0 Å². The van der Waals surface area contributed by atoms with Gasteiger partial charge in [-0.15, -0.1) is 0 Å². The minimum absolute atomic E-state index is 0.0154. The summed E-state index contributed by atoms with van der Waals surface area (Å²) in [6.45, 7) is 1.64. The molecule has 0 atom stereocenters. The van der Waals surface area contributed by atoms with Crippen LogP contribution in [-0.2, 0) is 14.8 Å². The van der Waals surface area contributed by atoms with Gasteiger partial charge in [-0.1, -0.05) is 6.07 Å². The average Bonchev–Trinajstić information content (AvgIpc) is 2.90. The number of anilines is 1. The number of carbonyl (C=O) groups is 1.